The van der Waals surface area contributed by atoms with Crippen LogP contribution in [0.2, 0.25) is 0 Å². The Hall–Kier alpha value is -1.23. The van der Waals surface area contributed by atoms with Crippen LogP contribution in [0.3, 0.4) is 0 Å². The second-order valence-corrected chi connectivity index (χ2v) is 4.04. The number of hydrogen-bond acceptors (Lipinski definition) is 4. The highest BCUT2D eigenvalue weighted by atomic mass is 16.3. The molecule has 0 saturated carbocycles. The van der Waals surface area contributed by atoms with E-state index in [-0.39, 0.29) is 13.2 Å². The molecule has 0 atom stereocenters. The van der Waals surface area contributed by atoms with E-state index in [1.807, 2.05) is 45.0 Å². The van der Waals surface area contributed by atoms with E-state index in [9.17, 15) is 0 Å². The summed E-state index contributed by atoms with van der Waals surface area (Å²) >= 11 is 0. The summed E-state index contributed by atoms with van der Waals surface area (Å²) in [7, 11) is 0. The number of benzene rings is 1. The Morgan fingerprint density at radius 2 is 1.55 bits per heavy atom. The van der Waals surface area contributed by atoms with Gasteiger partial charge in [0, 0.05) is 18.9 Å². The lowest BCUT2D eigenvalue weighted by Gasteiger charge is -2.03. The number of nitrogens with one attached hydrogen (secondary N) is 1. The molecule has 4 nitrogen and oxygen atoms in total. The molecule has 0 aliphatic heterocycles. The first kappa shape index (κ1) is 21.1. The van der Waals surface area contributed by atoms with Crippen molar-refractivity contribution in [1.29, 1.82) is 5.41 Å². The minimum atomic E-state index is 0.0972. The topological polar surface area (TPSA) is 90.3 Å². The van der Waals surface area contributed by atoms with Gasteiger partial charge >= 0.3 is 0 Å². The molecule has 0 aromatic heterocycles. The zero-order chi connectivity index (χ0) is 15.8. The van der Waals surface area contributed by atoms with Crippen molar-refractivity contribution in [2.24, 2.45) is 5.73 Å². The van der Waals surface area contributed by atoms with E-state index in [2.05, 4.69) is 0 Å². The summed E-state index contributed by atoms with van der Waals surface area (Å²) in [6.45, 7) is 6.74. The van der Waals surface area contributed by atoms with E-state index in [0.717, 1.165) is 24.8 Å². The molecule has 0 fully saturated rings. The van der Waals surface area contributed by atoms with Crippen LogP contribution in [-0.2, 0) is 0 Å². The zero-order valence-corrected chi connectivity index (χ0v) is 13.0. The Morgan fingerprint density at radius 1 is 1.05 bits per heavy atom. The van der Waals surface area contributed by atoms with Gasteiger partial charge in [0.15, 0.2) is 0 Å². The predicted molar refractivity (Wildman–Crippen MR) is 86.4 cm³/mol. The molecule has 0 unspecified atom stereocenters. The van der Waals surface area contributed by atoms with Gasteiger partial charge in [0.05, 0.1) is 6.61 Å². The summed E-state index contributed by atoms with van der Waals surface area (Å²) in [6.07, 6.45) is 2.43. The molecule has 1 aromatic carbocycles. The molecular formula is C16H30N2O2. The number of aryl methyl sites for hydroxylation is 1. The lowest BCUT2D eigenvalue weighted by atomic mass is 10.0. The summed E-state index contributed by atoms with van der Waals surface area (Å²) in [5, 5.41) is 24.2. The SMILES string of the molecule is CC.Cc1ccc(C(=N)CCCCO)cc1.NCCO. The highest BCUT2D eigenvalue weighted by Crippen LogP contribution is 2.08. The number of nitrogens with two attached hydrogens (primary N) is 1. The lowest BCUT2D eigenvalue weighted by Crippen LogP contribution is -2.02. The highest BCUT2D eigenvalue weighted by Gasteiger charge is 2.00. The third kappa shape index (κ3) is 11.8. The highest BCUT2D eigenvalue weighted by molar-refractivity contribution is 5.98. The van der Waals surface area contributed by atoms with Gasteiger partial charge in [0.2, 0.25) is 0 Å². The van der Waals surface area contributed by atoms with E-state index in [4.69, 9.17) is 21.4 Å². The number of unbranched alkanes of at least 4 members (excludes halogenated alkanes) is 1. The normalized spacial score (nSPS) is 8.90. The van der Waals surface area contributed by atoms with Crippen molar-refractivity contribution in [2.45, 2.75) is 40.0 Å². The van der Waals surface area contributed by atoms with Gasteiger partial charge in [-0.25, -0.2) is 0 Å². The van der Waals surface area contributed by atoms with Crippen LogP contribution in [0.4, 0.5) is 0 Å². The molecule has 0 heterocycles. The lowest BCUT2D eigenvalue weighted by molar-refractivity contribution is 0.285. The maximum Gasteiger partial charge on any atom is 0.0553 e. The maximum atomic E-state index is 8.62. The van der Waals surface area contributed by atoms with Crippen LogP contribution in [0.5, 0.6) is 0 Å². The Kier molecular flexibility index (Phi) is 16.7. The molecule has 0 aliphatic carbocycles. The molecule has 5 N–H and O–H groups in total. The molecule has 0 aliphatic rings. The quantitative estimate of drug-likeness (QED) is 0.477. The summed E-state index contributed by atoms with van der Waals surface area (Å²) in [6, 6.07) is 8.01. The molecule has 0 bridgehead atoms. The van der Waals surface area contributed by atoms with Crippen molar-refractivity contribution in [1.82, 2.24) is 0 Å². The molecule has 0 saturated heterocycles. The van der Waals surface area contributed by atoms with Crippen LogP contribution < -0.4 is 5.73 Å². The van der Waals surface area contributed by atoms with Crippen molar-refractivity contribution < 1.29 is 10.2 Å². The number of aliphatic hydroxyl groups is 2. The van der Waals surface area contributed by atoms with E-state index in [0.29, 0.717) is 12.3 Å². The standard InChI is InChI=1S/C12H17NO.C2H7NO.C2H6/c1-10-5-7-11(8-6-10)12(13)4-2-3-9-14;3-1-2-4;1-2/h5-8,13-14H,2-4,9H2,1H3;4H,1-3H2;1-2H3. The van der Waals surface area contributed by atoms with Crippen molar-refractivity contribution >= 4 is 5.71 Å². The van der Waals surface area contributed by atoms with Crippen molar-refractivity contribution in [3.63, 3.8) is 0 Å². The van der Waals surface area contributed by atoms with Gasteiger partial charge in [-0.3, -0.25) is 0 Å². The third-order valence-electron chi connectivity index (χ3n) is 2.36. The average molecular weight is 282 g/mol. The van der Waals surface area contributed by atoms with Crippen molar-refractivity contribution in [3.05, 3.63) is 35.4 Å². The fourth-order valence-corrected chi connectivity index (χ4v) is 1.31. The van der Waals surface area contributed by atoms with Gasteiger partial charge in [-0.05, 0) is 31.7 Å². The van der Waals surface area contributed by atoms with Crippen molar-refractivity contribution in [2.75, 3.05) is 19.8 Å². The fraction of sp³-hybridized carbons (Fsp3) is 0.562. The summed E-state index contributed by atoms with van der Waals surface area (Å²) < 4.78 is 0. The Morgan fingerprint density at radius 3 is 1.95 bits per heavy atom. The van der Waals surface area contributed by atoms with E-state index >= 15 is 0 Å². The third-order valence-corrected chi connectivity index (χ3v) is 2.36. The minimum absolute atomic E-state index is 0.0972. The van der Waals surface area contributed by atoms with Gasteiger partial charge in [-0.1, -0.05) is 43.7 Å². The Bertz CT molecular complexity index is 322. The molecule has 4 heteroatoms. The number of hydrogen-bond donors (Lipinski definition) is 4. The van der Waals surface area contributed by atoms with Crippen LogP contribution in [0.1, 0.15) is 44.2 Å². The molecule has 0 amide bonds. The average Bonchev–Trinajstić information content (AvgIpc) is 2.50. The predicted octanol–water partition coefficient (Wildman–Crippen LogP) is 2.49. The maximum absolute atomic E-state index is 8.62. The van der Waals surface area contributed by atoms with Crippen LogP contribution in [-0.4, -0.2) is 35.7 Å². The molecule has 116 valence electrons. The van der Waals surface area contributed by atoms with Gasteiger partial charge < -0.3 is 21.4 Å². The van der Waals surface area contributed by atoms with Gasteiger partial charge in [-0.2, -0.15) is 0 Å². The molecule has 20 heavy (non-hydrogen) atoms. The smallest absolute Gasteiger partial charge is 0.0553 e. The number of aliphatic hydroxyl groups excluding tert-OH is 2. The minimum Gasteiger partial charge on any atom is -0.396 e. The molecule has 1 aromatic rings. The summed E-state index contributed by atoms with van der Waals surface area (Å²) in [5.74, 6) is 0. The zero-order valence-electron chi connectivity index (χ0n) is 13.0. The van der Waals surface area contributed by atoms with Crippen molar-refractivity contribution in [3.8, 4) is 0 Å². The summed E-state index contributed by atoms with van der Waals surface area (Å²) in [5.41, 5.74) is 7.66. The molecule has 1 rings (SSSR count). The Balaban J connectivity index is 0. The van der Waals surface area contributed by atoms with Gasteiger partial charge in [-0.15, -0.1) is 0 Å². The first-order chi connectivity index (χ1) is 9.65. The monoisotopic (exact) mass is 282 g/mol. The van der Waals surface area contributed by atoms with Gasteiger partial charge in [0.25, 0.3) is 0 Å². The molecular weight excluding hydrogens is 252 g/mol. The first-order valence-electron chi connectivity index (χ1n) is 7.22. The molecule has 0 radical (unpaired) electrons. The summed E-state index contributed by atoms with van der Waals surface area (Å²) in [4.78, 5) is 0. The first-order valence-corrected chi connectivity index (χ1v) is 7.22. The Labute approximate surface area is 123 Å². The van der Waals surface area contributed by atoms with E-state index in [1.54, 1.807) is 0 Å². The van der Waals surface area contributed by atoms with E-state index in [1.165, 1.54) is 5.56 Å². The fourth-order valence-electron chi connectivity index (χ4n) is 1.31. The van der Waals surface area contributed by atoms with Crippen LogP contribution in [0.15, 0.2) is 24.3 Å². The number of rotatable bonds is 6. The second-order valence-electron chi connectivity index (χ2n) is 4.04. The second kappa shape index (κ2) is 15.8. The van der Waals surface area contributed by atoms with Crippen LogP contribution >= 0.6 is 0 Å². The largest absolute Gasteiger partial charge is 0.396 e. The van der Waals surface area contributed by atoms with Crippen LogP contribution in [0.25, 0.3) is 0 Å². The van der Waals surface area contributed by atoms with Crippen LogP contribution in [0, 0.1) is 12.3 Å². The van der Waals surface area contributed by atoms with E-state index < -0.39 is 0 Å². The van der Waals surface area contributed by atoms with Gasteiger partial charge in [0.1, 0.15) is 0 Å². The molecule has 0 spiro atoms.